The molecule has 0 spiro atoms. The first-order chi connectivity index (χ1) is 13.6. The SMILES string of the molecule is C=C(CC)CS.CC1CCCCC1C.Cc1cc(C(C)(C)C)c(N)c(C(C)(C)C)c1. The van der Waals surface area contributed by atoms with Gasteiger partial charge in [0.2, 0.25) is 0 Å². The van der Waals surface area contributed by atoms with Crippen LogP contribution >= 0.6 is 12.6 Å². The Morgan fingerprint density at radius 1 is 0.967 bits per heavy atom. The van der Waals surface area contributed by atoms with E-state index in [1.54, 1.807) is 0 Å². The molecule has 1 saturated carbocycles. The number of nitrogen functional groups attached to an aromatic ring is 1. The van der Waals surface area contributed by atoms with Crippen molar-refractivity contribution in [2.45, 2.75) is 112 Å². The number of anilines is 1. The highest BCUT2D eigenvalue weighted by Crippen LogP contribution is 2.36. The van der Waals surface area contributed by atoms with E-state index in [4.69, 9.17) is 5.73 Å². The first-order valence-corrected chi connectivity index (χ1v) is 12.5. The number of rotatable bonds is 2. The molecule has 0 saturated heterocycles. The molecule has 2 N–H and O–H groups in total. The smallest absolute Gasteiger partial charge is 0.0390 e. The van der Waals surface area contributed by atoms with Gasteiger partial charge in [0, 0.05) is 11.4 Å². The molecular weight excluding hydrogens is 382 g/mol. The summed E-state index contributed by atoms with van der Waals surface area (Å²) in [5, 5.41) is 0. The summed E-state index contributed by atoms with van der Waals surface area (Å²) in [5.74, 6) is 2.84. The van der Waals surface area contributed by atoms with Crippen LogP contribution in [0.3, 0.4) is 0 Å². The molecule has 1 aromatic carbocycles. The molecule has 0 radical (unpaired) electrons. The lowest BCUT2D eigenvalue weighted by Gasteiger charge is -2.28. The van der Waals surface area contributed by atoms with Gasteiger partial charge in [-0.05, 0) is 47.1 Å². The molecule has 0 amide bonds. The average Bonchev–Trinajstić information content (AvgIpc) is 2.64. The molecule has 30 heavy (non-hydrogen) atoms. The maximum absolute atomic E-state index is 6.32. The summed E-state index contributed by atoms with van der Waals surface area (Å²) in [7, 11) is 0. The summed E-state index contributed by atoms with van der Waals surface area (Å²) in [6, 6.07) is 4.43. The summed E-state index contributed by atoms with van der Waals surface area (Å²) in [4.78, 5) is 0. The number of thiol groups is 1. The van der Waals surface area contributed by atoms with Crippen molar-refractivity contribution < 1.29 is 0 Å². The molecule has 2 atom stereocenters. The van der Waals surface area contributed by atoms with Gasteiger partial charge in [0.25, 0.3) is 0 Å². The highest BCUT2D eigenvalue weighted by Gasteiger charge is 2.24. The lowest BCUT2D eigenvalue weighted by molar-refractivity contribution is 0.277. The van der Waals surface area contributed by atoms with Crippen molar-refractivity contribution in [3.63, 3.8) is 0 Å². The molecule has 1 aliphatic carbocycles. The highest BCUT2D eigenvalue weighted by atomic mass is 32.1. The molecule has 0 aliphatic heterocycles. The Balaban J connectivity index is 0.000000497. The van der Waals surface area contributed by atoms with Crippen LogP contribution in [-0.2, 0) is 10.8 Å². The predicted octanol–water partition coefficient (Wildman–Crippen LogP) is 8.89. The van der Waals surface area contributed by atoms with Crippen molar-refractivity contribution in [2.24, 2.45) is 11.8 Å². The number of nitrogens with two attached hydrogens (primary N) is 1. The molecule has 1 nitrogen and oxygen atoms in total. The zero-order valence-corrected chi connectivity index (χ0v) is 22.7. The minimum absolute atomic E-state index is 0.107. The fourth-order valence-corrected chi connectivity index (χ4v) is 3.88. The third kappa shape index (κ3) is 10.4. The molecule has 1 aliphatic rings. The van der Waals surface area contributed by atoms with Crippen LogP contribution in [0.15, 0.2) is 24.3 Å². The largest absolute Gasteiger partial charge is 0.398 e. The quantitative estimate of drug-likeness (QED) is 0.272. The summed E-state index contributed by atoms with van der Waals surface area (Å²) in [6.07, 6.45) is 6.96. The second-order valence-corrected chi connectivity index (χ2v) is 11.6. The van der Waals surface area contributed by atoms with Crippen LogP contribution in [0.5, 0.6) is 0 Å². The first-order valence-electron chi connectivity index (χ1n) is 11.8. The monoisotopic (exact) mass is 433 g/mol. The van der Waals surface area contributed by atoms with E-state index in [9.17, 15) is 0 Å². The van der Waals surface area contributed by atoms with E-state index in [-0.39, 0.29) is 10.8 Å². The molecule has 1 aromatic rings. The molecule has 2 heteroatoms. The van der Waals surface area contributed by atoms with Crippen LogP contribution < -0.4 is 5.73 Å². The Kier molecular flexibility index (Phi) is 12.5. The van der Waals surface area contributed by atoms with Crippen LogP contribution in [0.2, 0.25) is 0 Å². The third-order valence-electron chi connectivity index (χ3n) is 6.20. The summed E-state index contributed by atoms with van der Waals surface area (Å²) in [5.41, 5.74) is 12.5. The highest BCUT2D eigenvalue weighted by molar-refractivity contribution is 7.80. The number of aryl methyl sites for hydroxylation is 1. The Labute approximate surface area is 194 Å². The average molecular weight is 434 g/mol. The number of hydrogen-bond donors (Lipinski definition) is 2. The zero-order valence-electron chi connectivity index (χ0n) is 21.8. The van der Waals surface area contributed by atoms with E-state index >= 15 is 0 Å². The Hall–Kier alpha value is -0.890. The minimum atomic E-state index is 0.107. The van der Waals surface area contributed by atoms with Crippen LogP contribution in [0.1, 0.15) is 111 Å². The maximum atomic E-state index is 6.32. The summed E-state index contributed by atoms with van der Waals surface area (Å²) in [6.45, 7) is 26.0. The van der Waals surface area contributed by atoms with Gasteiger partial charge in [-0.1, -0.05) is 118 Å². The number of hydrogen-bond acceptors (Lipinski definition) is 2. The van der Waals surface area contributed by atoms with Gasteiger partial charge >= 0.3 is 0 Å². The van der Waals surface area contributed by atoms with Gasteiger partial charge in [-0.3, -0.25) is 0 Å². The van der Waals surface area contributed by atoms with Gasteiger partial charge in [-0.25, -0.2) is 0 Å². The fourth-order valence-electron chi connectivity index (χ4n) is 3.65. The van der Waals surface area contributed by atoms with Gasteiger partial charge in [-0.15, -0.1) is 0 Å². The molecule has 2 rings (SSSR count). The lowest BCUT2D eigenvalue weighted by atomic mass is 9.78. The van der Waals surface area contributed by atoms with E-state index in [1.165, 1.54) is 47.9 Å². The van der Waals surface area contributed by atoms with Crippen molar-refractivity contribution in [1.82, 2.24) is 0 Å². The second kappa shape index (κ2) is 12.8. The van der Waals surface area contributed by atoms with E-state index in [0.717, 1.165) is 29.7 Å². The van der Waals surface area contributed by atoms with Gasteiger partial charge in [-0.2, -0.15) is 12.6 Å². The molecule has 0 aromatic heterocycles. The van der Waals surface area contributed by atoms with Crippen molar-refractivity contribution in [3.8, 4) is 0 Å². The van der Waals surface area contributed by atoms with Crippen LogP contribution in [0, 0.1) is 18.8 Å². The van der Waals surface area contributed by atoms with Crippen molar-refractivity contribution in [3.05, 3.63) is 41.0 Å². The molecule has 0 bridgehead atoms. The van der Waals surface area contributed by atoms with E-state index in [0.29, 0.717) is 0 Å². The Morgan fingerprint density at radius 2 is 1.33 bits per heavy atom. The lowest BCUT2D eigenvalue weighted by Crippen LogP contribution is -2.20. The third-order valence-corrected chi connectivity index (χ3v) is 6.65. The van der Waals surface area contributed by atoms with Crippen LogP contribution in [0.25, 0.3) is 0 Å². The van der Waals surface area contributed by atoms with Gasteiger partial charge in [0.15, 0.2) is 0 Å². The first kappa shape index (κ1) is 29.1. The topological polar surface area (TPSA) is 26.0 Å². The normalized spacial score (nSPS) is 19.2. The predicted molar refractivity (Wildman–Crippen MR) is 143 cm³/mol. The van der Waals surface area contributed by atoms with Crippen LogP contribution in [-0.4, -0.2) is 5.75 Å². The molecule has 174 valence electrons. The summed E-state index contributed by atoms with van der Waals surface area (Å²) >= 11 is 4.00. The van der Waals surface area contributed by atoms with E-state index in [2.05, 4.69) is 101 Å². The van der Waals surface area contributed by atoms with Crippen molar-refractivity contribution in [2.75, 3.05) is 11.5 Å². The molecule has 0 heterocycles. The van der Waals surface area contributed by atoms with Crippen LogP contribution in [0.4, 0.5) is 5.69 Å². The Morgan fingerprint density at radius 3 is 1.53 bits per heavy atom. The Bertz CT molecular complexity index is 595. The molecule has 2 unspecified atom stereocenters. The van der Waals surface area contributed by atoms with E-state index < -0.39 is 0 Å². The second-order valence-electron chi connectivity index (χ2n) is 11.3. The minimum Gasteiger partial charge on any atom is -0.398 e. The maximum Gasteiger partial charge on any atom is 0.0390 e. The molecule has 1 fully saturated rings. The van der Waals surface area contributed by atoms with Gasteiger partial charge < -0.3 is 5.73 Å². The van der Waals surface area contributed by atoms with Crippen molar-refractivity contribution in [1.29, 1.82) is 0 Å². The van der Waals surface area contributed by atoms with Gasteiger partial charge in [0.05, 0.1) is 0 Å². The zero-order chi connectivity index (χ0) is 23.7. The fraction of sp³-hybridized carbons (Fsp3) is 0.714. The summed E-state index contributed by atoms with van der Waals surface area (Å²) < 4.78 is 0. The van der Waals surface area contributed by atoms with Gasteiger partial charge in [0.1, 0.15) is 0 Å². The van der Waals surface area contributed by atoms with Crippen molar-refractivity contribution >= 4 is 18.3 Å². The van der Waals surface area contributed by atoms with E-state index in [1.807, 2.05) is 0 Å². The standard InChI is InChI=1S/C15H25N.C8H16.C5H10S/c1-10-8-11(14(2,3)4)13(16)12(9-10)15(5,6)7;1-7-5-3-4-6-8(7)2;1-3-5(2)4-6/h8-9H,16H2,1-7H3;7-8H,3-6H2,1-2H3;6H,2-4H2,1H3. The molecular formula is C28H51NS. The number of benzene rings is 1.